The van der Waals surface area contributed by atoms with Gasteiger partial charge in [0.05, 0.1) is 4.47 Å². The van der Waals surface area contributed by atoms with Gasteiger partial charge in [0.1, 0.15) is 5.82 Å². The second kappa shape index (κ2) is 8.30. The van der Waals surface area contributed by atoms with Crippen LogP contribution in [0.1, 0.15) is 36.9 Å². The zero-order chi connectivity index (χ0) is 15.1. The molecule has 0 aliphatic rings. The predicted molar refractivity (Wildman–Crippen MR) is 89.9 cm³/mol. The minimum atomic E-state index is -0.190. The van der Waals surface area contributed by atoms with Gasteiger partial charge in [0.25, 0.3) is 0 Å². The summed E-state index contributed by atoms with van der Waals surface area (Å²) in [4.78, 5) is 0. The molecule has 0 fully saturated rings. The average molecular weight is 350 g/mol. The normalized spacial score (nSPS) is 12.3. The topological polar surface area (TPSA) is 12.0 Å². The van der Waals surface area contributed by atoms with Crippen LogP contribution in [0.25, 0.3) is 0 Å². The van der Waals surface area contributed by atoms with Gasteiger partial charge in [-0.05, 0) is 58.9 Å². The number of hydrogen-bond donors (Lipinski definition) is 1. The summed E-state index contributed by atoms with van der Waals surface area (Å²) in [6, 6.07) is 16.0. The molecular weight excluding hydrogens is 329 g/mol. The monoisotopic (exact) mass is 349 g/mol. The molecule has 2 aromatic rings. The molecule has 0 amide bonds. The quantitative estimate of drug-likeness (QED) is 0.718. The van der Waals surface area contributed by atoms with Crippen molar-refractivity contribution in [3.05, 3.63) is 69.9 Å². The van der Waals surface area contributed by atoms with Gasteiger partial charge in [-0.3, -0.25) is 0 Å². The molecule has 0 aliphatic carbocycles. The van der Waals surface area contributed by atoms with E-state index in [0.717, 1.165) is 31.4 Å². The van der Waals surface area contributed by atoms with E-state index in [4.69, 9.17) is 0 Å². The first-order valence-electron chi connectivity index (χ1n) is 7.43. The van der Waals surface area contributed by atoms with Gasteiger partial charge in [0, 0.05) is 6.04 Å². The second-order valence-corrected chi connectivity index (χ2v) is 5.96. The maximum absolute atomic E-state index is 13.6. The van der Waals surface area contributed by atoms with Crippen molar-refractivity contribution >= 4 is 15.9 Å². The summed E-state index contributed by atoms with van der Waals surface area (Å²) in [5, 5.41) is 3.58. The van der Waals surface area contributed by atoms with Crippen LogP contribution in [0, 0.1) is 5.82 Å². The van der Waals surface area contributed by atoms with E-state index < -0.39 is 0 Å². The fraction of sp³-hybridized carbons (Fsp3) is 0.333. The van der Waals surface area contributed by atoms with Gasteiger partial charge in [-0.25, -0.2) is 4.39 Å². The summed E-state index contributed by atoms with van der Waals surface area (Å²) in [5.41, 5.74) is 2.31. The Hall–Kier alpha value is -1.19. The first-order chi connectivity index (χ1) is 10.2. The fourth-order valence-corrected chi connectivity index (χ4v) is 2.89. The first-order valence-corrected chi connectivity index (χ1v) is 8.23. The Morgan fingerprint density at radius 2 is 1.86 bits per heavy atom. The number of nitrogens with one attached hydrogen (secondary N) is 1. The number of aryl methyl sites for hydroxylation is 1. The molecule has 1 nitrogen and oxygen atoms in total. The van der Waals surface area contributed by atoms with Crippen LogP contribution in [0.2, 0.25) is 0 Å². The van der Waals surface area contributed by atoms with Crippen LogP contribution in [0.5, 0.6) is 0 Å². The molecule has 1 N–H and O–H groups in total. The van der Waals surface area contributed by atoms with Crippen molar-refractivity contribution in [2.75, 3.05) is 6.54 Å². The summed E-state index contributed by atoms with van der Waals surface area (Å²) in [6.45, 7) is 3.15. The molecule has 3 heteroatoms. The standard InChI is InChI=1S/C18H21BrFN/c1-2-13-21-17(14-7-4-3-5-8-14)12-11-15-9-6-10-16(20)18(15)19/h3-10,17,21H,2,11-13H2,1H3. The summed E-state index contributed by atoms with van der Waals surface area (Å²) in [7, 11) is 0. The van der Waals surface area contributed by atoms with Crippen LogP contribution in [0.4, 0.5) is 4.39 Å². The highest BCUT2D eigenvalue weighted by molar-refractivity contribution is 9.10. The number of halogens is 2. The molecule has 112 valence electrons. The Balaban J connectivity index is 2.07. The summed E-state index contributed by atoms with van der Waals surface area (Å²) >= 11 is 3.34. The van der Waals surface area contributed by atoms with Gasteiger partial charge in [0.15, 0.2) is 0 Å². The van der Waals surface area contributed by atoms with Crippen LogP contribution in [0.3, 0.4) is 0 Å². The largest absolute Gasteiger partial charge is 0.310 e. The molecule has 0 bridgehead atoms. The summed E-state index contributed by atoms with van der Waals surface area (Å²) < 4.78 is 14.2. The van der Waals surface area contributed by atoms with Crippen molar-refractivity contribution < 1.29 is 4.39 Å². The van der Waals surface area contributed by atoms with Crippen LogP contribution >= 0.6 is 15.9 Å². The molecule has 0 aromatic heterocycles. The molecule has 2 rings (SSSR count). The average Bonchev–Trinajstić information content (AvgIpc) is 2.52. The Bertz CT molecular complexity index is 556. The molecule has 1 atom stereocenters. The lowest BCUT2D eigenvalue weighted by Crippen LogP contribution is -2.22. The van der Waals surface area contributed by atoms with E-state index in [1.165, 1.54) is 11.6 Å². The molecule has 1 unspecified atom stereocenters. The number of hydrogen-bond acceptors (Lipinski definition) is 1. The molecule has 0 radical (unpaired) electrons. The molecule has 0 aliphatic heterocycles. The minimum Gasteiger partial charge on any atom is -0.310 e. The maximum Gasteiger partial charge on any atom is 0.137 e. The lowest BCUT2D eigenvalue weighted by Gasteiger charge is -2.19. The molecule has 0 heterocycles. The van der Waals surface area contributed by atoms with E-state index >= 15 is 0 Å². The van der Waals surface area contributed by atoms with E-state index in [1.807, 2.05) is 12.1 Å². The van der Waals surface area contributed by atoms with Crippen molar-refractivity contribution in [1.29, 1.82) is 0 Å². The minimum absolute atomic E-state index is 0.190. The highest BCUT2D eigenvalue weighted by Gasteiger charge is 2.12. The number of rotatable bonds is 7. The Morgan fingerprint density at radius 3 is 2.57 bits per heavy atom. The SMILES string of the molecule is CCCNC(CCc1cccc(F)c1Br)c1ccccc1. The third kappa shape index (κ3) is 4.65. The van der Waals surface area contributed by atoms with Crippen molar-refractivity contribution in [2.45, 2.75) is 32.2 Å². The maximum atomic E-state index is 13.6. The Kier molecular flexibility index (Phi) is 6.40. The molecular formula is C18H21BrFN. The van der Waals surface area contributed by atoms with Crippen LogP contribution < -0.4 is 5.32 Å². The lowest BCUT2D eigenvalue weighted by atomic mass is 9.99. The van der Waals surface area contributed by atoms with E-state index in [-0.39, 0.29) is 5.82 Å². The van der Waals surface area contributed by atoms with Crippen molar-refractivity contribution in [3.8, 4) is 0 Å². The molecule has 21 heavy (non-hydrogen) atoms. The van der Waals surface area contributed by atoms with E-state index in [2.05, 4.69) is 52.4 Å². The van der Waals surface area contributed by atoms with Gasteiger partial charge in [0.2, 0.25) is 0 Å². The van der Waals surface area contributed by atoms with Crippen molar-refractivity contribution in [2.24, 2.45) is 0 Å². The summed E-state index contributed by atoms with van der Waals surface area (Å²) in [6.07, 6.45) is 2.90. The van der Waals surface area contributed by atoms with Gasteiger partial charge in [-0.2, -0.15) is 0 Å². The van der Waals surface area contributed by atoms with Crippen LogP contribution in [-0.4, -0.2) is 6.54 Å². The van der Waals surface area contributed by atoms with Gasteiger partial charge >= 0.3 is 0 Å². The van der Waals surface area contributed by atoms with Crippen LogP contribution in [0.15, 0.2) is 53.0 Å². The molecule has 0 saturated heterocycles. The second-order valence-electron chi connectivity index (χ2n) is 5.17. The first kappa shape index (κ1) is 16.2. The van der Waals surface area contributed by atoms with Crippen molar-refractivity contribution in [3.63, 3.8) is 0 Å². The van der Waals surface area contributed by atoms with E-state index in [1.54, 1.807) is 6.07 Å². The lowest BCUT2D eigenvalue weighted by molar-refractivity contribution is 0.498. The zero-order valence-corrected chi connectivity index (χ0v) is 13.9. The third-order valence-electron chi connectivity index (χ3n) is 3.58. The van der Waals surface area contributed by atoms with E-state index in [9.17, 15) is 4.39 Å². The third-order valence-corrected chi connectivity index (χ3v) is 4.46. The van der Waals surface area contributed by atoms with Gasteiger partial charge < -0.3 is 5.32 Å². The number of benzene rings is 2. The van der Waals surface area contributed by atoms with Crippen molar-refractivity contribution in [1.82, 2.24) is 5.32 Å². The molecule has 0 saturated carbocycles. The van der Waals surface area contributed by atoms with E-state index in [0.29, 0.717) is 10.5 Å². The Labute approximate surface area is 134 Å². The fourth-order valence-electron chi connectivity index (χ4n) is 2.43. The van der Waals surface area contributed by atoms with Crippen LogP contribution in [-0.2, 0) is 6.42 Å². The van der Waals surface area contributed by atoms with Gasteiger partial charge in [-0.1, -0.05) is 49.4 Å². The Morgan fingerprint density at radius 1 is 1.10 bits per heavy atom. The molecule has 0 spiro atoms. The van der Waals surface area contributed by atoms with Gasteiger partial charge in [-0.15, -0.1) is 0 Å². The predicted octanol–water partition coefficient (Wildman–Crippen LogP) is 5.26. The highest BCUT2D eigenvalue weighted by atomic mass is 79.9. The summed E-state index contributed by atoms with van der Waals surface area (Å²) in [5.74, 6) is -0.190. The molecule has 2 aromatic carbocycles. The smallest absolute Gasteiger partial charge is 0.137 e. The zero-order valence-electron chi connectivity index (χ0n) is 12.3. The highest BCUT2D eigenvalue weighted by Crippen LogP contribution is 2.25.